The molecule has 1 aliphatic heterocycles. The van der Waals surface area contributed by atoms with Gasteiger partial charge in [0.1, 0.15) is 18.3 Å². The molecular formula is C13H18O5. The average Bonchev–Trinajstić information content (AvgIpc) is 2.76. The molecule has 1 saturated heterocycles. The van der Waals surface area contributed by atoms with Crippen LogP contribution in [0.15, 0.2) is 30.3 Å². The normalized spacial score (nSPS) is 34.3. The Hall–Kier alpha value is -0.980. The van der Waals surface area contributed by atoms with Gasteiger partial charge in [0.25, 0.3) is 0 Å². The van der Waals surface area contributed by atoms with E-state index in [0.717, 1.165) is 0 Å². The molecule has 0 spiro atoms. The lowest BCUT2D eigenvalue weighted by atomic mass is 10.1. The minimum atomic E-state index is -1.02. The predicted octanol–water partition coefficient (Wildman–Crippen LogP) is 0.296. The molecule has 1 heterocycles. The summed E-state index contributed by atoms with van der Waals surface area (Å²) in [7, 11) is 1.43. The van der Waals surface area contributed by atoms with Gasteiger partial charge in [-0.2, -0.15) is 0 Å². The van der Waals surface area contributed by atoms with Crippen molar-refractivity contribution in [3.8, 4) is 0 Å². The summed E-state index contributed by atoms with van der Waals surface area (Å²) < 4.78 is 23.8. The Kier molecular flexibility index (Phi) is 4.20. The summed E-state index contributed by atoms with van der Waals surface area (Å²) >= 11 is 0. The van der Waals surface area contributed by atoms with Crippen molar-refractivity contribution in [2.75, 3.05) is 13.7 Å². The third kappa shape index (κ3) is 2.88. The van der Waals surface area contributed by atoms with Gasteiger partial charge in [0.15, 0.2) is 6.29 Å². The fourth-order valence-corrected chi connectivity index (χ4v) is 1.88. The van der Waals surface area contributed by atoms with E-state index in [2.05, 4.69) is 0 Å². The minimum Gasteiger partial charge on any atom is -0.394 e. The SMILES string of the molecule is [2H]C(O[C@@H]1C(OC)O[C@H](CO)[C@H]1O)c1ccccc1. The van der Waals surface area contributed by atoms with Crippen molar-refractivity contribution in [3.63, 3.8) is 0 Å². The molecule has 1 aromatic rings. The van der Waals surface area contributed by atoms with Crippen LogP contribution in [0.4, 0.5) is 0 Å². The second kappa shape index (κ2) is 6.26. The largest absolute Gasteiger partial charge is 0.394 e. The number of rotatable bonds is 5. The number of aliphatic hydroxyl groups excluding tert-OH is 2. The number of ether oxygens (including phenoxy) is 3. The van der Waals surface area contributed by atoms with Gasteiger partial charge in [-0.1, -0.05) is 30.3 Å². The summed E-state index contributed by atoms with van der Waals surface area (Å²) in [6, 6.07) is 9.01. The molecular weight excluding hydrogens is 236 g/mol. The Morgan fingerprint density at radius 2 is 2.11 bits per heavy atom. The van der Waals surface area contributed by atoms with Gasteiger partial charge in [0, 0.05) is 7.11 Å². The highest BCUT2D eigenvalue weighted by Gasteiger charge is 2.44. The molecule has 0 amide bonds. The molecule has 0 aromatic heterocycles. The molecule has 2 rings (SSSR count). The molecule has 2 N–H and O–H groups in total. The second-order valence-electron chi connectivity index (χ2n) is 4.08. The highest BCUT2D eigenvalue weighted by molar-refractivity contribution is 5.13. The van der Waals surface area contributed by atoms with Crippen LogP contribution in [-0.2, 0) is 20.8 Å². The molecule has 2 unspecified atom stereocenters. The molecule has 1 fully saturated rings. The maximum Gasteiger partial charge on any atom is 0.186 e. The van der Waals surface area contributed by atoms with Crippen molar-refractivity contribution in [1.82, 2.24) is 0 Å². The zero-order chi connectivity index (χ0) is 13.8. The second-order valence-corrected chi connectivity index (χ2v) is 4.08. The van der Waals surface area contributed by atoms with E-state index in [1.165, 1.54) is 7.11 Å². The quantitative estimate of drug-likeness (QED) is 0.792. The predicted molar refractivity (Wildman–Crippen MR) is 63.8 cm³/mol. The summed E-state index contributed by atoms with van der Waals surface area (Å²) in [6.07, 6.45) is -3.36. The van der Waals surface area contributed by atoms with Crippen LogP contribution >= 0.6 is 0 Å². The van der Waals surface area contributed by atoms with Gasteiger partial charge in [0.2, 0.25) is 0 Å². The smallest absolute Gasteiger partial charge is 0.186 e. The standard InChI is InChI=1S/C13H18O5/c1-16-13-12(11(15)10(7-14)18-13)17-8-9-5-3-2-4-6-9/h2-6,10-15H,7-8H2,1H3/t10-,11-,12+,13?/m1/s1/i8D/t8?,10-,11-,12+,13?. The average molecular weight is 255 g/mol. The van der Waals surface area contributed by atoms with Gasteiger partial charge in [-0.15, -0.1) is 0 Å². The third-order valence-corrected chi connectivity index (χ3v) is 2.87. The molecule has 0 radical (unpaired) electrons. The fourth-order valence-electron chi connectivity index (χ4n) is 1.88. The summed E-state index contributed by atoms with van der Waals surface area (Å²) in [5, 5.41) is 19.0. The third-order valence-electron chi connectivity index (χ3n) is 2.87. The molecule has 0 saturated carbocycles. The van der Waals surface area contributed by atoms with Gasteiger partial charge in [-0.3, -0.25) is 0 Å². The van der Waals surface area contributed by atoms with Crippen LogP contribution in [0.25, 0.3) is 0 Å². The molecule has 18 heavy (non-hydrogen) atoms. The molecule has 5 heteroatoms. The van der Waals surface area contributed by atoms with Crippen molar-refractivity contribution >= 4 is 0 Å². The zero-order valence-electron chi connectivity index (χ0n) is 11.1. The Balaban J connectivity index is 2.04. The van der Waals surface area contributed by atoms with Crippen molar-refractivity contribution < 1.29 is 25.8 Å². The Labute approximate surface area is 107 Å². The van der Waals surface area contributed by atoms with E-state index in [1.807, 2.05) is 18.2 Å². The van der Waals surface area contributed by atoms with Crippen LogP contribution in [0.3, 0.4) is 0 Å². The molecule has 100 valence electrons. The lowest BCUT2D eigenvalue weighted by Gasteiger charge is -2.19. The number of benzene rings is 1. The van der Waals surface area contributed by atoms with E-state index >= 15 is 0 Å². The van der Waals surface area contributed by atoms with Crippen molar-refractivity contribution in [3.05, 3.63) is 35.9 Å². The van der Waals surface area contributed by atoms with Crippen molar-refractivity contribution in [2.24, 2.45) is 0 Å². The maximum atomic E-state index is 9.97. The van der Waals surface area contributed by atoms with E-state index < -0.39 is 31.2 Å². The van der Waals surface area contributed by atoms with Crippen LogP contribution in [0.2, 0.25) is 0 Å². The van der Waals surface area contributed by atoms with Crippen LogP contribution in [0, 0.1) is 0 Å². The Bertz CT molecular complexity index is 386. The van der Waals surface area contributed by atoms with Gasteiger partial charge in [0.05, 0.1) is 14.6 Å². The summed E-state index contributed by atoms with van der Waals surface area (Å²) in [5.41, 5.74) is 0.678. The number of methoxy groups -OCH3 is 1. The number of hydrogen-bond donors (Lipinski definition) is 2. The van der Waals surface area contributed by atoms with Gasteiger partial charge in [-0.05, 0) is 5.56 Å². The summed E-state index contributed by atoms with van der Waals surface area (Å²) in [6.45, 7) is -1.27. The number of hydrogen-bond acceptors (Lipinski definition) is 5. The number of aliphatic hydroxyl groups is 2. The first-order valence-electron chi connectivity index (χ1n) is 6.35. The van der Waals surface area contributed by atoms with Gasteiger partial charge < -0.3 is 24.4 Å². The first-order chi connectivity index (χ1) is 9.17. The van der Waals surface area contributed by atoms with Crippen LogP contribution in [-0.4, -0.2) is 48.5 Å². The van der Waals surface area contributed by atoms with E-state index in [4.69, 9.17) is 20.7 Å². The molecule has 0 bridgehead atoms. The zero-order valence-corrected chi connectivity index (χ0v) is 10.1. The Morgan fingerprint density at radius 1 is 1.39 bits per heavy atom. The highest BCUT2D eigenvalue weighted by Crippen LogP contribution is 2.25. The van der Waals surface area contributed by atoms with Crippen molar-refractivity contribution in [2.45, 2.75) is 31.2 Å². The lowest BCUT2D eigenvalue weighted by molar-refractivity contribution is -0.168. The topological polar surface area (TPSA) is 68.2 Å². The molecule has 1 aliphatic rings. The lowest BCUT2D eigenvalue weighted by Crippen LogP contribution is -2.36. The monoisotopic (exact) mass is 255 g/mol. The fraction of sp³-hybridized carbons (Fsp3) is 0.538. The van der Waals surface area contributed by atoms with Gasteiger partial charge >= 0.3 is 0 Å². The van der Waals surface area contributed by atoms with Gasteiger partial charge in [-0.25, -0.2) is 0 Å². The first kappa shape index (κ1) is 12.1. The van der Waals surface area contributed by atoms with Crippen LogP contribution < -0.4 is 0 Å². The van der Waals surface area contributed by atoms with Crippen LogP contribution in [0.1, 0.15) is 6.93 Å². The minimum absolute atomic E-state index is 0.325. The van der Waals surface area contributed by atoms with E-state index in [1.54, 1.807) is 12.1 Å². The molecule has 1 aromatic carbocycles. The maximum absolute atomic E-state index is 9.97. The molecule has 5 atom stereocenters. The first-order valence-corrected chi connectivity index (χ1v) is 5.77. The van der Waals surface area contributed by atoms with E-state index in [9.17, 15) is 5.11 Å². The van der Waals surface area contributed by atoms with Crippen molar-refractivity contribution in [1.29, 1.82) is 0 Å². The highest BCUT2D eigenvalue weighted by atomic mass is 16.7. The summed E-state index contributed by atoms with van der Waals surface area (Å²) in [5.74, 6) is 0. The van der Waals surface area contributed by atoms with E-state index in [-0.39, 0.29) is 6.61 Å². The Morgan fingerprint density at radius 3 is 2.72 bits per heavy atom. The van der Waals surface area contributed by atoms with Crippen LogP contribution in [0.5, 0.6) is 0 Å². The summed E-state index contributed by atoms with van der Waals surface area (Å²) in [4.78, 5) is 0. The molecule has 0 aliphatic carbocycles. The van der Waals surface area contributed by atoms with E-state index in [0.29, 0.717) is 5.56 Å². The molecule has 5 nitrogen and oxygen atoms in total.